The van der Waals surface area contributed by atoms with Crippen LogP contribution in [0.3, 0.4) is 0 Å². The van der Waals surface area contributed by atoms with E-state index in [1.165, 1.54) is 50.1 Å². The second kappa shape index (κ2) is 7.65. The van der Waals surface area contributed by atoms with Crippen LogP contribution in [0.4, 0.5) is 5.69 Å². The number of hydrogen-bond acceptors (Lipinski definition) is 3. The van der Waals surface area contributed by atoms with E-state index in [1.54, 1.807) is 0 Å². The standard InChI is InChI=1S/C17H29N3/c1-4-11-20-12-9-16(10-13-20)18-17-8-6-5-7-15(17)14-19(2)3/h5-8,16,18H,4,9-14H2,1-3H3. The maximum absolute atomic E-state index is 3.76. The summed E-state index contributed by atoms with van der Waals surface area (Å²) >= 11 is 0. The Kier molecular flexibility index (Phi) is 5.86. The van der Waals surface area contributed by atoms with Crippen molar-refractivity contribution in [1.82, 2.24) is 9.80 Å². The van der Waals surface area contributed by atoms with Gasteiger partial charge in [0.2, 0.25) is 0 Å². The van der Waals surface area contributed by atoms with Gasteiger partial charge in [-0.25, -0.2) is 0 Å². The van der Waals surface area contributed by atoms with Crippen LogP contribution >= 0.6 is 0 Å². The van der Waals surface area contributed by atoms with E-state index in [0.29, 0.717) is 6.04 Å². The predicted molar refractivity (Wildman–Crippen MR) is 87.2 cm³/mol. The summed E-state index contributed by atoms with van der Waals surface area (Å²) in [5, 5.41) is 3.76. The number of para-hydroxylation sites is 1. The lowest BCUT2D eigenvalue weighted by molar-refractivity contribution is 0.219. The first-order chi connectivity index (χ1) is 9.69. The van der Waals surface area contributed by atoms with Crippen LogP contribution in [-0.2, 0) is 6.54 Å². The maximum Gasteiger partial charge on any atom is 0.0388 e. The highest BCUT2D eigenvalue weighted by molar-refractivity contribution is 5.51. The van der Waals surface area contributed by atoms with Crippen LogP contribution in [0.5, 0.6) is 0 Å². The number of nitrogens with one attached hydrogen (secondary N) is 1. The molecule has 2 rings (SSSR count). The number of benzene rings is 1. The van der Waals surface area contributed by atoms with E-state index in [0.717, 1.165) is 6.54 Å². The summed E-state index contributed by atoms with van der Waals surface area (Å²) in [6.07, 6.45) is 3.79. The number of hydrogen-bond donors (Lipinski definition) is 1. The smallest absolute Gasteiger partial charge is 0.0388 e. The zero-order valence-electron chi connectivity index (χ0n) is 13.2. The number of anilines is 1. The lowest BCUT2D eigenvalue weighted by Gasteiger charge is -2.33. The van der Waals surface area contributed by atoms with Gasteiger partial charge in [-0.05, 0) is 51.5 Å². The molecule has 1 aliphatic heterocycles. The minimum Gasteiger partial charge on any atom is -0.382 e. The third-order valence-electron chi connectivity index (χ3n) is 3.99. The highest BCUT2D eigenvalue weighted by Gasteiger charge is 2.18. The molecular formula is C17H29N3. The van der Waals surface area contributed by atoms with Crippen LogP contribution in [0.15, 0.2) is 24.3 Å². The third-order valence-corrected chi connectivity index (χ3v) is 3.99. The fourth-order valence-electron chi connectivity index (χ4n) is 2.98. The van der Waals surface area contributed by atoms with Gasteiger partial charge in [0.15, 0.2) is 0 Å². The van der Waals surface area contributed by atoms with Gasteiger partial charge in [-0.15, -0.1) is 0 Å². The Morgan fingerprint density at radius 1 is 1.20 bits per heavy atom. The summed E-state index contributed by atoms with van der Waals surface area (Å²) in [7, 11) is 4.25. The van der Waals surface area contributed by atoms with E-state index < -0.39 is 0 Å². The van der Waals surface area contributed by atoms with Crippen molar-refractivity contribution >= 4 is 5.69 Å². The average molecular weight is 275 g/mol. The molecule has 3 heteroatoms. The molecule has 1 N–H and O–H groups in total. The molecule has 0 atom stereocenters. The van der Waals surface area contributed by atoms with Gasteiger partial charge in [-0.2, -0.15) is 0 Å². The molecule has 1 saturated heterocycles. The minimum absolute atomic E-state index is 0.631. The van der Waals surface area contributed by atoms with Crippen LogP contribution in [0.2, 0.25) is 0 Å². The van der Waals surface area contributed by atoms with E-state index in [9.17, 15) is 0 Å². The number of nitrogens with zero attached hydrogens (tertiary/aromatic N) is 2. The van der Waals surface area contributed by atoms with E-state index in [-0.39, 0.29) is 0 Å². The van der Waals surface area contributed by atoms with E-state index in [2.05, 4.69) is 60.4 Å². The van der Waals surface area contributed by atoms with Crippen molar-refractivity contribution in [2.24, 2.45) is 0 Å². The van der Waals surface area contributed by atoms with Crippen LogP contribution in [0, 0.1) is 0 Å². The van der Waals surface area contributed by atoms with Gasteiger partial charge in [0, 0.05) is 31.4 Å². The Morgan fingerprint density at radius 2 is 1.90 bits per heavy atom. The quantitative estimate of drug-likeness (QED) is 0.861. The Morgan fingerprint density at radius 3 is 2.55 bits per heavy atom. The van der Waals surface area contributed by atoms with Gasteiger partial charge in [0.1, 0.15) is 0 Å². The Balaban J connectivity index is 1.91. The average Bonchev–Trinajstić information content (AvgIpc) is 2.43. The molecule has 0 unspecified atom stereocenters. The van der Waals surface area contributed by atoms with Gasteiger partial charge in [0.05, 0.1) is 0 Å². The summed E-state index contributed by atoms with van der Waals surface area (Å²) < 4.78 is 0. The zero-order chi connectivity index (χ0) is 14.4. The second-order valence-electron chi connectivity index (χ2n) is 6.16. The first-order valence-corrected chi connectivity index (χ1v) is 7.90. The van der Waals surface area contributed by atoms with Crippen molar-refractivity contribution in [3.63, 3.8) is 0 Å². The summed E-state index contributed by atoms with van der Waals surface area (Å²) in [4.78, 5) is 4.81. The molecule has 0 spiro atoms. The molecule has 0 aliphatic carbocycles. The maximum atomic E-state index is 3.76. The van der Waals surface area contributed by atoms with E-state index in [1.807, 2.05) is 0 Å². The summed E-state index contributed by atoms with van der Waals surface area (Å²) in [5.41, 5.74) is 2.71. The summed E-state index contributed by atoms with van der Waals surface area (Å²) in [5.74, 6) is 0. The largest absolute Gasteiger partial charge is 0.382 e. The molecular weight excluding hydrogens is 246 g/mol. The molecule has 20 heavy (non-hydrogen) atoms. The Bertz CT molecular complexity index is 395. The van der Waals surface area contributed by atoms with E-state index in [4.69, 9.17) is 0 Å². The summed E-state index contributed by atoms with van der Waals surface area (Å²) in [6.45, 7) is 6.99. The van der Waals surface area contributed by atoms with Crippen LogP contribution in [0.25, 0.3) is 0 Å². The van der Waals surface area contributed by atoms with Crippen molar-refractivity contribution in [2.75, 3.05) is 39.0 Å². The van der Waals surface area contributed by atoms with Crippen molar-refractivity contribution in [2.45, 2.75) is 38.8 Å². The van der Waals surface area contributed by atoms with Crippen LogP contribution in [-0.4, -0.2) is 49.6 Å². The first-order valence-electron chi connectivity index (χ1n) is 7.90. The van der Waals surface area contributed by atoms with Crippen molar-refractivity contribution in [3.05, 3.63) is 29.8 Å². The van der Waals surface area contributed by atoms with Crippen molar-refractivity contribution in [1.29, 1.82) is 0 Å². The first kappa shape index (κ1) is 15.3. The normalized spacial score (nSPS) is 17.6. The highest BCUT2D eigenvalue weighted by Crippen LogP contribution is 2.21. The molecule has 0 amide bonds. The Labute approximate surface area is 124 Å². The topological polar surface area (TPSA) is 18.5 Å². The van der Waals surface area contributed by atoms with Gasteiger partial charge >= 0.3 is 0 Å². The third kappa shape index (κ3) is 4.50. The SMILES string of the molecule is CCCN1CCC(Nc2ccccc2CN(C)C)CC1. The van der Waals surface area contributed by atoms with Gasteiger partial charge in [-0.1, -0.05) is 25.1 Å². The molecule has 0 aromatic heterocycles. The fraction of sp³-hybridized carbons (Fsp3) is 0.647. The monoisotopic (exact) mass is 275 g/mol. The van der Waals surface area contributed by atoms with Crippen molar-refractivity contribution < 1.29 is 0 Å². The molecule has 1 aliphatic rings. The van der Waals surface area contributed by atoms with Crippen LogP contribution < -0.4 is 5.32 Å². The minimum atomic E-state index is 0.631. The molecule has 1 aromatic carbocycles. The molecule has 3 nitrogen and oxygen atoms in total. The molecule has 1 aromatic rings. The lowest BCUT2D eigenvalue weighted by atomic mass is 10.0. The van der Waals surface area contributed by atoms with Crippen LogP contribution in [0.1, 0.15) is 31.7 Å². The zero-order valence-corrected chi connectivity index (χ0v) is 13.2. The lowest BCUT2D eigenvalue weighted by Crippen LogP contribution is -2.39. The number of likely N-dealkylation sites (tertiary alicyclic amines) is 1. The number of rotatable bonds is 6. The molecule has 0 bridgehead atoms. The van der Waals surface area contributed by atoms with E-state index >= 15 is 0 Å². The van der Waals surface area contributed by atoms with Crippen molar-refractivity contribution in [3.8, 4) is 0 Å². The fourth-order valence-corrected chi connectivity index (χ4v) is 2.98. The van der Waals surface area contributed by atoms with Gasteiger partial charge in [-0.3, -0.25) is 0 Å². The molecule has 112 valence electrons. The van der Waals surface area contributed by atoms with Gasteiger partial charge < -0.3 is 15.1 Å². The highest BCUT2D eigenvalue weighted by atomic mass is 15.1. The number of piperidine rings is 1. The van der Waals surface area contributed by atoms with Gasteiger partial charge in [0.25, 0.3) is 0 Å². The molecule has 1 fully saturated rings. The molecule has 0 saturated carbocycles. The molecule has 0 radical (unpaired) electrons. The Hall–Kier alpha value is -1.06. The summed E-state index contributed by atoms with van der Waals surface area (Å²) in [6, 6.07) is 9.35. The second-order valence-corrected chi connectivity index (χ2v) is 6.16. The predicted octanol–water partition coefficient (Wildman–Crippen LogP) is 3.03. The molecule has 1 heterocycles.